The highest BCUT2D eigenvalue weighted by Gasteiger charge is 2.19. The van der Waals surface area contributed by atoms with Crippen molar-refractivity contribution in [2.75, 3.05) is 13.7 Å². The second kappa shape index (κ2) is 8.45. The van der Waals surface area contributed by atoms with Crippen molar-refractivity contribution in [3.05, 3.63) is 59.7 Å². The predicted molar refractivity (Wildman–Crippen MR) is 92.9 cm³/mol. The van der Waals surface area contributed by atoms with E-state index in [4.69, 9.17) is 14.6 Å². The summed E-state index contributed by atoms with van der Waals surface area (Å²) in [5.41, 5.74) is 0.754. The number of hydrogen-bond donors (Lipinski definition) is 2. The molecule has 2 rings (SSSR count). The Kier molecular flexibility index (Phi) is 6.31. The van der Waals surface area contributed by atoms with Gasteiger partial charge in [-0.05, 0) is 23.8 Å². The normalized spacial score (nSPS) is 10.8. The Morgan fingerprint density at radius 1 is 1.12 bits per heavy atom. The quantitative estimate of drug-likeness (QED) is 0.687. The highest BCUT2D eigenvalue weighted by atomic mass is 32.2. The van der Waals surface area contributed by atoms with E-state index in [1.807, 2.05) is 30.3 Å². The first-order valence-corrected chi connectivity index (χ1v) is 9.04. The van der Waals surface area contributed by atoms with Crippen molar-refractivity contribution in [2.45, 2.75) is 11.4 Å². The number of esters is 1. The molecule has 1 amide bonds. The number of primary sulfonamides is 1. The lowest BCUT2D eigenvalue weighted by Gasteiger charge is -2.10. The van der Waals surface area contributed by atoms with E-state index in [1.54, 1.807) is 0 Å². The fourth-order valence-electron chi connectivity index (χ4n) is 2.08. The number of hydrogen-bond acceptors (Lipinski definition) is 6. The van der Waals surface area contributed by atoms with Crippen molar-refractivity contribution >= 4 is 21.9 Å². The molecule has 0 aliphatic heterocycles. The maximum absolute atomic E-state index is 12.2. The van der Waals surface area contributed by atoms with Gasteiger partial charge in [0.2, 0.25) is 10.0 Å². The van der Waals surface area contributed by atoms with Gasteiger partial charge in [0.05, 0.1) is 12.0 Å². The van der Waals surface area contributed by atoms with Gasteiger partial charge in [-0.25, -0.2) is 18.4 Å². The number of amides is 1. The summed E-state index contributed by atoms with van der Waals surface area (Å²) in [7, 11) is -2.68. The number of rotatable bonds is 7. The number of methoxy groups -OCH3 is 1. The molecule has 26 heavy (non-hydrogen) atoms. The molecule has 138 valence electrons. The predicted octanol–water partition coefficient (Wildman–Crippen LogP) is 0.816. The third-order valence-corrected chi connectivity index (χ3v) is 4.30. The zero-order valence-corrected chi connectivity index (χ0v) is 14.8. The van der Waals surface area contributed by atoms with Crippen LogP contribution in [0.3, 0.4) is 0 Å². The van der Waals surface area contributed by atoms with Gasteiger partial charge in [-0.3, -0.25) is 4.79 Å². The van der Waals surface area contributed by atoms with Crippen LogP contribution in [0, 0.1) is 0 Å². The molecule has 2 aromatic rings. The van der Waals surface area contributed by atoms with Crippen LogP contribution in [-0.4, -0.2) is 34.0 Å². The molecule has 0 fully saturated rings. The Balaban J connectivity index is 1.99. The van der Waals surface area contributed by atoms with Crippen LogP contribution >= 0.6 is 0 Å². The van der Waals surface area contributed by atoms with Crippen LogP contribution in [0.15, 0.2) is 53.4 Å². The second-order valence-corrected chi connectivity index (χ2v) is 6.81. The molecule has 0 aliphatic rings. The number of sulfonamides is 1. The monoisotopic (exact) mass is 378 g/mol. The number of nitrogens with one attached hydrogen (secondary N) is 1. The average molecular weight is 378 g/mol. The molecule has 0 bridgehead atoms. The first-order chi connectivity index (χ1) is 12.3. The van der Waals surface area contributed by atoms with Gasteiger partial charge in [0, 0.05) is 6.54 Å². The Bertz CT molecular complexity index is 897. The molecule has 0 saturated carbocycles. The van der Waals surface area contributed by atoms with E-state index in [0.717, 1.165) is 11.6 Å². The van der Waals surface area contributed by atoms with Gasteiger partial charge >= 0.3 is 5.97 Å². The number of carbonyl (C=O) groups excluding carboxylic acids is 2. The number of carbonyl (C=O) groups is 2. The fourth-order valence-corrected chi connectivity index (χ4v) is 2.62. The SMILES string of the molecule is COc1ccc(S(N)(=O)=O)cc1C(=O)OCC(=O)NCc1ccccc1. The zero-order valence-electron chi connectivity index (χ0n) is 14.0. The summed E-state index contributed by atoms with van der Waals surface area (Å²) in [4.78, 5) is 23.7. The fraction of sp³-hybridized carbons (Fsp3) is 0.176. The van der Waals surface area contributed by atoms with Crippen molar-refractivity contribution in [3.8, 4) is 5.75 Å². The lowest BCUT2D eigenvalue weighted by Crippen LogP contribution is -2.28. The first kappa shape index (κ1) is 19.4. The summed E-state index contributed by atoms with van der Waals surface area (Å²) >= 11 is 0. The molecular weight excluding hydrogens is 360 g/mol. The van der Waals surface area contributed by atoms with Crippen molar-refractivity contribution in [1.29, 1.82) is 0 Å². The van der Waals surface area contributed by atoms with Crippen molar-refractivity contribution < 1.29 is 27.5 Å². The zero-order chi connectivity index (χ0) is 19.2. The van der Waals surface area contributed by atoms with E-state index < -0.39 is 28.5 Å². The Morgan fingerprint density at radius 3 is 2.42 bits per heavy atom. The van der Waals surface area contributed by atoms with E-state index >= 15 is 0 Å². The van der Waals surface area contributed by atoms with Crippen LogP contribution < -0.4 is 15.2 Å². The lowest BCUT2D eigenvalue weighted by atomic mass is 10.2. The minimum Gasteiger partial charge on any atom is -0.496 e. The second-order valence-electron chi connectivity index (χ2n) is 5.25. The maximum atomic E-state index is 12.2. The van der Waals surface area contributed by atoms with E-state index in [9.17, 15) is 18.0 Å². The minimum absolute atomic E-state index is 0.104. The van der Waals surface area contributed by atoms with Crippen molar-refractivity contribution in [3.63, 3.8) is 0 Å². The van der Waals surface area contributed by atoms with Crippen molar-refractivity contribution in [2.24, 2.45) is 5.14 Å². The van der Waals surface area contributed by atoms with Crippen molar-refractivity contribution in [1.82, 2.24) is 5.32 Å². The average Bonchev–Trinajstić information content (AvgIpc) is 2.64. The van der Waals surface area contributed by atoms with Crippen LogP contribution in [-0.2, 0) is 26.1 Å². The Hall–Kier alpha value is -2.91. The Morgan fingerprint density at radius 2 is 1.81 bits per heavy atom. The summed E-state index contributed by atoms with van der Waals surface area (Å²) in [5.74, 6) is -1.29. The van der Waals surface area contributed by atoms with Gasteiger partial charge in [-0.1, -0.05) is 30.3 Å². The Labute approximate surface area is 151 Å². The third-order valence-electron chi connectivity index (χ3n) is 3.39. The molecule has 0 aromatic heterocycles. The van der Waals surface area contributed by atoms with Gasteiger partial charge in [0.25, 0.3) is 5.91 Å². The van der Waals surface area contributed by atoms with Gasteiger partial charge in [-0.15, -0.1) is 0 Å². The third kappa shape index (κ3) is 5.30. The molecule has 0 aliphatic carbocycles. The molecule has 3 N–H and O–H groups in total. The molecule has 0 heterocycles. The summed E-state index contributed by atoms with van der Waals surface area (Å²) in [6.07, 6.45) is 0. The van der Waals surface area contributed by atoms with E-state index in [1.165, 1.54) is 19.2 Å². The first-order valence-electron chi connectivity index (χ1n) is 7.50. The summed E-state index contributed by atoms with van der Waals surface area (Å²) < 4.78 is 32.8. The molecule has 0 saturated heterocycles. The van der Waals surface area contributed by atoms with Gasteiger partial charge in [-0.2, -0.15) is 0 Å². The molecule has 0 unspecified atom stereocenters. The summed E-state index contributed by atoms with van der Waals surface area (Å²) in [6, 6.07) is 12.8. The molecule has 2 aromatic carbocycles. The topological polar surface area (TPSA) is 125 Å². The summed E-state index contributed by atoms with van der Waals surface area (Å²) in [6.45, 7) is -0.226. The highest BCUT2D eigenvalue weighted by molar-refractivity contribution is 7.89. The van der Waals surface area contributed by atoms with Gasteiger partial charge < -0.3 is 14.8 Å². The number of nitrogens with two attached hydrogens (primary N) is 1. The van der Waals surface area contributed by atoms with Gasteiger partial charge in [0.15, 0.2) is 6.61 Å². The smallest absolute Gasteiger partial charge is 0.342 e. The van der Waals surface area contributed by atoms with E-state index in [2.05, 4.69) is 5.32 Å². The minimum atomic E-state index is -4.00. The van der Waals surface area contributed by atoms with Crippen LogP contribution in [0.1, 0.15) is 15.9 Å². The lowest BCUT2D eigenvalue weighted by molar-refractivity contribution is -0.124. The number of ether oxygens (including phenoxy) is 2. The molecule has 0 spiro atoms. The highest BCUT2D eigenvalue weighted by Crippen LogP contribution is 2.22. The van der Waals surface area contributed by atoms with Crippen LogP contribution in [0.25, 0.3) is 0 Å². The van der Waals surface area contributed by atoms with E-state index in [0.29, 0.717) is 6.54 Å². The molecule has 9 heteroatoms. The maximum Gasteiger partial charge on any atom is 0.342 e. The largest absolute Gasteiger partial charge is 0.496 e. The molecular formula is C17H18N2O6S. The van der Waals surface area contributed by atoms with Crippen LogP contribution in [0.2, 0.25) is 0 Å². The summed E-state index contributed by atoms with van der Waals surface area (Å²) in [5, 5.41) is 7.66. The number of benzene rings is 2. The van der Waals surface area contributed by atoms with Gasteiger partial charge in [0.1, 0.15) is 11.3 Å². The van der Waals surface area contributed by atoms with Crippen LogP contribution in [0.5, 0.6) is 5.75 Å². The molecule has 8 nitrogen and oxygen atoms in total. The molecule has 0 radical (unpaired) electrons. The standard InChI is InChI=1S/C17H18N2O6S/c1-24-15-8-7-13(26(18,22)23)9-14(15)17(21)25-11-16(20)19-10-12-5-3-2-4-6-12/h2-9H,10-11H2,1H3,(H,19,20)(H2,18,22,23). The van der Waals surface area contributed by atoms with E-state index in [-0.39, 0.29) is 16.2 Å². The molecule has 0 atom stereocenters. The van der Waals surface area contributed by atoms with Crippen LogP contribution in [0.4, 0.5) is 0 Å².